The average Bonchev–Trinajstić information content (AvgIpc) is 2.75. The van der Waals surface area contributed by atoms with E-state index in [4.69, 9.17) is 16.3 Å². The Balaban J connectivity index is 1.66. The summed E-state index contributed by atoms with van der Waals surface area (Å²) < 4.78 is 5.55. The van der Waals surface area contributed by atoms with E-state index in [1.54, 1.807) is 0 Å². The number of carbonyl (C=O) groups excluding carboxylic acids is 1. The predicted molar refractivity (Wildman–Crippen MR) is 68.2 cm³/mol. The molecule has 0 aromatic heterocycles. The number of ether oxygens (including phenoxy) is 1. The van der Waals surface area contributed by atoms with Crippen LogP contribution in [0, 0.1) is 5.92 Å². The van der Waals surface area contributed by atoms with Gasteiger partial charge in [0.2, 0.25) is 5.91 Å². The normalized spacial score (nSPS) is 38.0. The van der Waals surface area contributed by atoms with Gasteiger partial charge in [0.15, 0.2) is 0 Å². The van der Waals surface area contributed by atoms with Crippen LogP contribution in [0.2, 0.25) is 0 Å². The summed E-state index contributed by atoms with van der Waals surface area (Å²) in [6.07, 6.45) is 6.31. The largest absolute Gasteiger partial charge is 0.365 e. The number of hydrogen-bond donors (Lipinski definition) is 1. The fraction of sp³-hybridized carbons (Fsp3) is 0.923. The Morgan fingerprint density at radius 3 is 2.53 bits per heavy atom. The number of rotatable bonds is 3. The topological polar surface area (TPSA) is 38.3 Å². The molecule has 2 unspecified atom stereocenters. The number of amides is 1. The maximum atomic E-state index is 11.8. The Morgan fingerprint density at radius 1 is 1.24 bits per heavy atom. The van der Waals surface area contributed by atoms with Crippen molar-refractivity contribution >= 4 is 17.5 Å². The van der Waals surface area contributed by atoms with E-state index in [0.717, 1.165) is 45.1 Å². The van der Waals surface area contributed by atoms with Crippen LogP contribution < -0.4 is 5.32 Å². The molecular formula is C13H22ClNO2. The van der Waals surface area contributed by atoms with Gasteiger partial charge < -0.3 is 10.1 Å². The molecular weight excluding hydrogens is 238 g/mol. The monoisotopic (exact) mass is 259 g/mol. The predicted octanol–water partition coefficient (Wildman–Crippen LogP) is 2.47. The highest BCUT2D eigenvalue weighted by molar-refractivity contribution is 6.20. The Morgan fingerprint density at radius 2 is 1.94 bits per heavy atom. The molecule has 1 saturated carbocycles. The van der Waals surface area contributed by atoms with Gasteiger partial charge in [-0.15, -0.1) is 11.6 Å². The minimum atomic E-state index is -0.214. The number of alkyl halides is 1. The molecule has 0 bridgehead atoms. The molecule has 0 spiro atoms. The fourth-order valence-electron chi connectivity index (χ4n) is 2.68. The van der Waals surface area contributed by atoms with Crippen molar-refractivity contribution < 1.29 is 9.53 Å². The first-order chi connectivity index (χ1) is 8.15. The molecule has 1 N–H and O–H groups in total. The minimum Gasteiger partial charge on any atom is -0.365 e. The zero-order valence-corrected chi connectivity index (χ0v) is 11.2. The third kappa shape index (κ3) is 3.85. The molecule has 1 aliphatic heterocycles. The Labute approximate surface area is 108 Å². The van der Waals surface area contributed by atoms with Gasteiger partial charge in [-0.2, -0.15) is 0 Å². The standard InChI is InChI=1S/C13H22ClNO2/c1-9-2-7-12(17-9)13(16)15-8-10-3-5-11(14)6-4-10/h9-12H,2-8H2,1H3,(H,15,16). The highest BCUT2D eigenvalue weighted by atomic mass is 35.5. The van der Waals surface area contributed by atoms with E-state index < -0.39 is 0 Å². The van der Waals surface area contributed by atoms with Crippen molar-refractivity contribution in [1.29, 1.82) is 0 Å². The molecule has 3 nitrogen and oxygen atoms in total. The van der Waals surface area contributed by atoms with Crippen LogP contribution in [-0.2, 0) is 9.53 Å². The first-order valence-electron chi connectivity index (χ1n) is 6.72. The molecule has 2 atom stereocenters. The molecule has 1 heterocycles. The molecule has 2 aliphatic rings. The van der Waals surface area contributed by atoms with Gasteiger partial charge in [-0.25, -0.2) is 0 Å². The van der Waals surface area contributed by atoms with Gasteiger partial charge in [-0.1, -0.05) is 0 Å². The van der Waals surface area contributed by atoms with Crippen molar-refractivity contribution in [1.82, 2.24) is 5.32 Å². The summed E-state index contributed by atoms with van der Waals surface area (Å²) in [5, 5.41) is 3.37. The quantitative estimate of drug-likeness (QED) is 0.791. The van der Waals surface area contributed by atoms with E-state index in [-0.39, 0.29) is 18.1 Å². The molecule has 2 rings (SSSR count). The van der Waals surface area contributed by atoms with Crippen molar-refractivity contribution in [3.8, 4) is 0 Å². The van der Waals surface area contributed by atoms with Crippen LogP contribution in [0.5, 0.6) is 0 Å². The summed E-state index contributed by atoms with van der Waals surface area (Å²) in [6.45, 7) is 2.81. The molecule has 0 aromatic carbocycles. The van der Waals surface area contributed by atoms with Crippen molar-refractivity contribution in [3.05, 3.63) is 0 Å². The van der Waals surface area contributed by atoms with Gasteiger partial charge in [0, 0.05) is 11.9 Å². The second kappa shape index (κ2) is 6.05. The number of nitrogens with one attached hydrogen (secondary N) is 1. The lowest BCUT2D eigenvalue weighted by Crippen LogP contribution is -2.38. The molecule has 98 valence electrons. The van der Waals surface area contributed by atoms with Crippen LogP contribution in [0.4, 0.5) is 0 Å². The maximum Gasteiger partial charge on any atom is 0.249 e. The molecule has 0 radical (unpaired) electrons. The minimum absolute atomic E-state index is 0.0716. The Kier molecular flexibility index (Phi) is 4.69. The van der Waals surface area contributed by atoms with Crippen LogP contribution in [0.1, 0.15) is 45.4 Å². The van der Waals surface area contributed by atoms with Gasteiger partial charge in [0.1, 0.15) is 6.10 Å². The number of hydrogen-bond acceptors (Lipinski definition) is 2. The maximum absolute atomic E-state index is 11.8. The third-order valence-electron chi connectivity index (χ3n) is 3.87. The highest BCUT2D eigenvalue weighted by Crippen LogP contribution is 2.27. The lowest BCUT2D eigenvalue weighted by atomic mass is 9.89. The van der Waals surface area contributed by atoms with Crippen molar-refractivity contribution in [2.24, 2.45) is 5.92 Å². The molecule has 4 heteroatoms. The van der Waals surface area contributed by atoms with Crippen molar-refractivity contribution in [2.45, 2.75) is 63.0 Å². The Hall–Kier alpha value is -0.280. The zero-order chi connectivity index (χ0) is 12.3. The Bertz CT molecular complexity index is 264. The van der Waals surface area contributed by atoms with E-state index in [0.29, 0.717) is 11.3 Å². The smallest absolute Gasteiger partial charge is 0.249 e. The first-order valence-corrected chi connectivity index (χ1v) is 7.16. The average molecular weight is 260 g/mol. The van der Waals surface area contributed by atoms with Gasteiger partial charge in [-0.3, -0.25) is 4.79 Å². The summed E-state index contributed by atoms with van der Waals surface area (Å²) in [5.74, 6) is 0.676. The molecule has 2 fully saturated rings. The van der Waals surface area contributed by atoms with Crippen LogP contribution in [0.15, 0.2) is 0 Å². The van der Waals surface area contributed by atoms with E-state index in [9.17, 15) is 4.79 Å². The zero-order valence-electron chi connectivity index (χ0n) is 10.5. The SMILES string of the molecule is CC1CCC(C(=O)NCC2CCC(Cl)CC2)O1. The van der Waals surface area contributed by atoms with Crippen LogP contribution in [0.3, 0.4) is 0 Å². The van der Waals surface area contributed by atoms with E-state index >= 15 is 0 Å². The second-order valence-electron chi connectivity index (χ2n) is 5.38. The first kappa shape index (κ1) is 13.2. The van der Waals surface area contributed by atoms with Crippen LogP contribution >= 0.6 is 11.6 Å². The second-order valence-corrected chi connectivity index (χ2v) is 5.99. The lowest BCUT2D eigenvalue weighted by Gasteiger charge is -2.25. The fourth-order valence-corrected chi connectivity index (χ4v) is 2.93. The summed E-state index contributed by atoms with van der Waals surface area (Å²) in [6, 6.07) is 0. The summed E-state index contributed by atoms with van der Waals surface area (Å²) in [7, 11) is 0. The summed E-state index contributed by atoms with van der Waals surface area (Å²) in [5.41, 5.74) is 0. The lowest BCUT2D eigenvalue weighted by molar-refractivity contribution is -0.131. The van der Waals surface area contributed by atoms with E-state index in [1.165, 1.54) is 0 Å². The number of carbonyl (C=O) groups is 1. The highest BCUT2D eigenvalue weighted by Gasteiger charge is 2.28. The van der Waals surface area contributed by atoms with Crippen LogP contribution in [-0.4, -0.2) is 30.0 Å². The third-order valence-corrected chi connectivity index (χ3v) is 4.30. The summed E-state index contributed by atoms with van der Waals surface area (Å²) in [4.78, 5) is 11.8. The van der Waals surface area contributed by atoms with Crippen LogP contribution in [0.25, 0.3) is 0 Å². The summed E-state index contributed by atoms with van der Waals surface area (Å²) >= 11 is 6.06. The van der Waals surface area contributed by atoms with Crippen molar-refractivity contribution in [3.63, 3.8) is 0 Å². The van der Waals surface area contributed by atoms with Crippen molar-refractivity contribution in [2.75, 3.05) is 6.54 Å². The van der Waals surface area contributed by atoms with E-state index in [2.05, 4.69) is 5.32 Å². The van der Waals surface area contributed by atoms with Gasteiger partial charge >= 0.3 is 0 Å². The van der Waals surface area contributed by atoms with Gasteiger partial charge in [0.05, 0.1) is 6.10 Å². The van der Waals surface area contributed by atoms with Gasteiger partial charge in [-0.05, 0) is 51.4 Å². The molecule has 0 aromatic rings. The molecule has 1 aliphatic carbocycles. The van der Waals surface area contributed by atoms with E-state index in [1.807, 2.05) is 6.92 Å². The molecule has 1 saturated heterocycles. The van der Waals surface area contributed by atoms with Gasteiger partial charge in [0.25, 0.3) is 0 Å². The molecule has 1 amide bonds. The number of halogens is 1. The molecule has 17 heavy (non-hydrogen) atoms.